The van der Waals surface area contributed by atoms with Crippen LogP contribution in [0.1, 0.15) is 0 Å². The number of hydrogen-bond donors (Lipinski definition) is 0. The molecular weight excluding hydrogens is 304 g/mol. The molecule has 2 heterocycles. The maximum Gasteiger partial charge on any atom is 0.130 e. The molecule has 24 heavy (non-hydrogen) atoms. The summed E-state index contributed by atoms with van der Waals surface area (Å²) in [6.07, 6.45) is 0. The Morgan fingerprint density at radius 1 is 0.708 bits per heavy atom. The normalized spacial score (nSPS) is 9.92. The highest BCUT2D eigenvalue weighted by Crippen LogP contribution is 2.09. The van der Waals surface area contributed by atoms with Crippen molar-refractivity contribution in [2.45, 2.75) is 13.1 Å². The highest BCUT2D eigenvalue weighted by atomic mass is 15.4. The van der Waals surface area contributed by atoms with Crippen LogP contribution in [-0.2, 0) is 13.1 Å². The van der Waals surface area contributed by atoms with E-state index in [1.54, 1.807) is 9.36 Å². The molecule has 0 amide bonds. The zero-order chi connectivity index (χ0) is 16.8. The maximum atomic E-state index is 8.46. The molecule has 0 fully saturated rings. The van der Waals surface area contributed by atoms with E-state index < -0.39 is 0 Å². The fourth-order valence-electron chi connectivity index (χ4n) is 2.20. The lowest BCUT2D eigenvalue weighted by Gasteiger charge is -1.91. The number of nitriles is 2. The van der Waals surface area contributed by atoms with Crippen molar-refractivity contribution in [1.29, 1.82) is 10.5 Å². The number of fused-ring (bicyclic) bond motifs is 2. The van der Waals surface area contributed by atoms with E-state index in [1.807, 2.05) is 60.7 Å². The molecule has 0 saturated carbocycles. The van der Waals surface area contributed by atoms with Crippen molar-refractivity contribution in [3.05, 3.63) is 48.5 Å². The number of benzene rings is 2. The fraction of sp³-hybridized carbons (Fsp3) is 0.125. The van der Waals surface area contributed by atoms with E-state index in [2.05, 4.69) is 20.6 Å². The van der Waals surface area contributed by atoms with E-state index in [0.29, 0.717) is 0 Å². The van der Waals surface area contributed by atoms with Crippen molar-refractivity contribution in [3.63, 3.8) is 0 Å². The average molecular weight is 316 g/mol. The molecule has 0 aliphatic rings. The lowest BCUT2D eigenvalue weighted by Crippen LogP contribution is -1.96. The van der Waals surface area contributed by atoms with Crippen LogP contribution in [0.5, 0.6) is 0 Å². The molecule has 0 unspecified atom stereocenters. The van der Waals surface area contributed by atoms with E-state index in [0.717, 1.165) is 22.1 Å². The van der Waals surface area contributed by atoms with E-state index in [-0.39, 0.29) is 13.1 Å². The molecule has 0 bridgehead atoms. The van der Waals surface area contributed by atoms with Gasteiger partial charge < -0.3 is 0 Å². The van der Waals surface area contributed by atoms with Crippen LogP contribution < -0.4 is 0 Å². The predicted molar refractivity (Wildman–Crippen MR) is 86.3 cm³/mol. The van der Waals surface area contributed by atoms with Crippen LogP contribution in [0.4, 0.5) is 0 Å². The summed E-state index contributed by atoms with van der Waals surface area (Å²) in [5.41, 5.74) is 3.46. The van der Waals surface area contributed by atoms with Crippen molar-refractivity contribution in [1.82, 2.24) is 30.0 Å². The summed E-state index contributed by atoms with van der Waals surface area (Å²) in [4.78, 5) is 0. The van der Waals surface area contributed by atoms with Gasteiger partial charge in [-0.15, -0.1) is 10.2 Å². The van der Waals surface area contributed by atoms with Gasteiger partial charge in [0.25, 0.3) is 0 Å². The van der Waals surface area contributed by atoms with E-state index in [9.17, 15) is 0 Å². The second-order valence-corrected chi connectivity index (χ2v) is 4.79. The first-order valence-electron chi connectivity index (χ1n) is 7.14. The van der Waals surface area contributed by atoms with E-state index >= 15 is 0 Å². The number of aromatic nitrogens is 6. The second-order valence-electron chi connectivity index (χ2n) is 4.79. The average Bonchev–Trinajstić information content (AvgIpc) is 3.22. The molecule has 116 valence electrons. The molecule has 4 rings (SSSR count). The number of nitrogens with zero attached hydrogens (tertiary/aromatic N) is 8. The third kappa shape index (κ3) is 3.03. The summed E-state index contributed by atoms with van der Waals surface area (Å²) in [7, 11) is 0. The minimum atomic E-state index is 0.251. The molecule has 0 N–H and O–H groups in total. The summed E-state index contributed by atoms with van der Waals surface area (Å²) in [6, 6.07) is 19.2. The third-order valence-corrected chi connectivity index (χ3v) is 3.28. The van der Waals surface area contributed by atoms with Gasteiger partial charge in [0.2, 0.25) is 0 Å². The monoisotopic (exact) mass is 316 g/mol. The van der Waals surface area contributed by atoms with Gasteiger partial charge in [0.15, 0.2) is 0 Å². The predicted octanol–water partition coefficient (Wildman–Crippen LogP) is 1.91. The number of para-hydroxylation sites is 2. The first-order chi connectivity index (χ1) is 11.8. The summed E-state index contributed by atoms with van der Waals surface area (Å²) < 4.78 is 3.16. The number of hydrogen-bond acceptors (Lipinski definition) is 6. The van der Waals surface area contributed by atoms with Gasteiger partial charge in [-0.3, -0.25) is 0 Å². The van der Waals surface area contributed by atoms with Crippen LogP contribution in [-0.4, -0.2) is 30.0 Å². The molecule has 0 spiro atoms. The van der Waals surface area contributed by atoms with Gasteiger partial charge in [0.05, 0.1) is 23.2 Å². The van der Waals surface area contributed by atoms with Crippen LogP contribution >= 0.6 is 0 Å². The van der Waals surface area contributed by atoms with Gasteiger partial charge in [-0.05, 0) is 24.3 Å². The lowest BCUT2D eigenvalue weighted by atomic mass is 10.3. The quantitative estimate of drug-likeness (QED) is 0.559. The highest BCUT2D eigenvalue weighted by Gasteiger charge is 2.01. The largest absolute Gasteiger partial charge is 0.230 e. The minimum Gasteiger partial charge on any atom is -0.230 e. The molecule has 8 heteroatoms. The Bertz CT molecular complexity index is 961. The van der Waals surface area contributed by atoms with E-state index in [4.69, 9.17) is 10.5 Å². The lowest BCUT2D eigenvalue weighted by molar-refractivity contribution is 0.689. The summed E-state index contributed by atoms with van der Waals surface area (Å²) in [5, 5.41) is 32.4. The Morgan fingerprint density at radius 3 is 1.54 bits per heavy atom. The summed E-state index contributed by atoms with van der Waals surface area (Å²) in [5.74, 6) is 0. The summed E-state index contributed by atoms with van der Waals surface area (Å²) in [6.45, 7) is 0.501. The first-order valence-corrected chi connectivity index (χ1v) is 7.14. The zero-order valence-electron chi connectivity index (χ0n) is 12.6. The standard InChI is InChI=1S/2C8H6N4/c2*9-5-6-12-8-4-2-1-3-7(8)10-11-12/h2*1-4H,6H2. The Labute approximate surface area is 137 Å². The first kappa shape index (κ1) is 15.1. The van der Waals surface area contributed by atoms with Crippen molar-refractivity contribution in [2.75, 3.05) is 0 Å². The fourth-order valence-corrected chi connectivity index (χ4v) is 2.20. The Balaban J connectivity index is 0.000000141. The van der Waals surface area contributed by atoms with Crippen molar-refractivity contribution < 1.29 is 0 Å². The molecule has 0 aliphatic heterocycles. The van der Waals surface area contributed by atoms with Crippen LogP contribution in [0.3, 0.4) is 0 Å². The number of rotatable bonds is 2. The van der Waals surface area contributed by atoms with Crippen LogP contribution in [0.25, 0.3) is 22.1 Å². The topological polar surface area (TPSA) is 109 Å². The Hall–Kier alpha value is -3.78. The molecular formula is C16H12N8. The van der Waals surface area contributed by atoms with Crippen molar-refractivity contribution in [3.8, 4) is 12.1 Å². The van der Waals surface area contributed by atoms with E-state index in [1.165, 1.54) is 0 Å². The van der Waals surface area contributed by atoms with Gasteiger partial charge >= 0.3 is 0 Å². The molecule has 2 aromatic carbocycles. The zero-order valence-corrected chi connectivity index (χ0v) is 12.6. The molecule has 0 atom stereocenters. The molecule has 2 aromatic heterocycles. The van der Waals surface area contributed by atoms with Crippen molar-refractivity contribution in [2.24, 2.45) is 0 Å². The smallest absolute Gasteiger partial charge is 0.130 e. The second kappa shape index (κ2) is 6.99. The molecule has 8 nitrogen and oxygen atoms in total. The van der Waals surface area contributed by atoms with Gasteiger partial charge in [-0.1, -0.05) is 34.7 Å². The summed E-state index contributed by atoms with van der Waals surface area (Å²) >= 11 is 0. The molecule has 0 aliphatic carbocycles. The van der Waals surface area contributed by atoms with Gasteiger partial charge in [0, 0.05) is 0 Å². The highest BCUT2D eigenvalue weighted by molar-refractivity contribution is 5.74. The van der Waals surface area contributed by atoms with Crippen LogP contribution in [0.2, 0.25) is 0 Å². The van der Waals surface area contributed by atoms with Crippen LogP contribution in [0, 0.1) is 22.7 Å². The van der Waals surface area contributed by atoms with Crippen LogP contribution in [0.15, 0.2) is 48.5 Å². The van der Waals surface area contributed by atoms with Crippen molar-refractivity contribution >= 4 is 22.1 Å². The third-order valence-electron chi connectivity index (χ3n) is 3.28. The minimum absolute atomic E-state index is 0.251. The van der Waals surface area contributed by atoms with Gasteiger partial charge in [-0.25, -0.2) is 9.36 Å². The molecule has 0 radical (unpaired) electrons. The SMILES string of the molecule is N#CCn1nnc2ccccc21.N#CCn1nnc2ccccc21. The Kier molecular flexibility index (Phi) is 4.40. The molecule has 0 saturated heterocycles. The maximum absolute atomic E-state index is 8.46. The van der Waals surface area contributed by atoms with Gasteiger partial charge in [-0.2, -0.15) is 10.5 Å². The molecule has 4 aromatic rings. The van der Waals surface area contributed by atoms with Gasteiger partial charge in [0.1, 0.15) is 24.1 Å². The Morgan fingerprint density at radius 2 is 1.12 bits per heavy atom.